The Bertz CT molecular complexity index is 274. The van der Waals surface area contributed by atoms with E-state index >= 15 is 0 Å². The molecule has 5 heteroatoms. The molecule has 0 spiro atoms. The molecule has 0 fully saturated rings. The lowest BCUT2D eigenvalue weighted by Crippen LogP contribution is -1.98. The van der Waals surface area contributed by atoms with Crippen molar-refractivity contribution in [2.24, 2.45) is 0 Å². The van der Waals surface area contributed by atoms with Crippen LogP contribution in [0.5, 0.6) is 0 Å². The standard InChI is InChI=1S/C7H5F4N/c8-3-4-1-2-5(9)6(12-4)7(10)11/h1-2,7H,3H2. The molecule has 1 aromatic rings. The Morgan fingerprint density at radius 2 is 2.00 bits per heavy atom. The first-order valence-corrected chi connectivity index (χ1v) is 3.14. The Balaban J connectivity index is 3.08. The first-order chi connectivity index (χ1) is 5.65. The zero-order valence-electron chi connectivity index (χ0n) is 5.90. The molecule has 0 unspecified atom stereocenters. The maximum Gasteiger partial charge on any atom is 0.283 e. The van der Waals surface area contributed by atoms with Crippen LogP contribution in [0.25, 0.3) is 0 Å². The Labute approximate surface area is 66.0 Å². The predicted molar refractivity (Wildman–Crippen MR) is 34.0 cm³/mol. The molecule has 0 aromatic carbocycles. The summed E-state index contributed by atoms with van der Waals surface area (Å²) in [6, 6.07) is 1.81. The van der Waals surface area contributed by atoms with E-state index in [0.29, 0.717) is 0 Å². The average molecular weight is 179 g/mol. The maximum atomic E-state index is 12.5. The lowest BCUT2D eigenvalue weighted by atomic mass is 10.3. The molecule has 0 aliphatic carbocycles. The minimum atomic E-state index is -3.00. The normalized spacial score (nSPS) is 10.8. The zero-order chi connectivity index (χ0) is 9.14. The minimum Gasteiger partial charge on any atom is -0.246 e. The summed E-state index contributed by atoms with van der Waals surface area (Å²) in [5, 5.41) is 0. The van der Waals surface area contributed by atoms with Crippen LogP contribution in [0.2, 0.25) is 0 Å². The number of pyridine rings is 1. The molecule has 0 N–H and O–H groups in total. The number of nitrogens with zero attached hydrogens (tertiary/aromatic N) is 1. The van der Waals surface area contributed by atoms with Crippen LogP contribution in [0.15, 0.2) is 12.1 Å². The van der Waals surface area contributed by atoms with Gasteiger partial charge in [0, 0.05) is 0 Å². The second-order valence-corrected chi connectivity index (χ2v) is 2.10. The molecular weight excluding hydrogens is 174 g/mol. The van der Waals surface area contributed by atoms with Crippen LogP contribution in [0.4, 0.5) is 17.6 Å². The van der Waals surface area contributed by atoms with Gasteiger partial charge in [0.2, 0.25) is 0 Å². The molecule has 0 aliphatic heterocycles. The number of aromatic nitrogens is 1. The van der Waals surface area contributed by atoms with E-state index in [9.17, 15) is 17.6 Å². The molecule has 1 heterocycles. The van der Waals surface area contributed by atoms with E-state index in [2.05, 4.69) is 4.98 Å². The van der Waals surface area contributed by atoms with Crippen molar-refractivity contribution in [3.8, 4) is 0 Å². The van der Waals surface area contributed by atoms with Crippen molar-refractivity contribution in [1.29, 1.82) is 0 Å². The smallest absolute Gasteiger partial charge is 0.246 e. The molecule has 0 bridgehead atoms. The Hall–Kier alpha value is -1.13. The molecule has 0 saturated carbocycles. The van der Waals surface area contributed by atoms with Crippen molar-refractivity contribution in [3.05, 3.63) is 29.3 Å². The third-order valence-electron chi connectivity index (χ3n) is 1.27. The van der Waals surface area contributed by atoms with Crippen LogP contribution >= 0.6 is 0 Å². The van der Waals surface area contributed by atoms with Gasteiger partial charge in [-0.3, -0.25) is 0 Å². The van der Waals surface area contributed by atoms with Crippen LogP contribution in [0.1, 0.15) is 17.8 Å². The van der Waals surface area contributed by atoms with Crippen LogP contribution in [0, 0.1) is 5.82 Å². The summed E-state index contributed by atoms with van der Waals surface area (Å²) in [7, 11) is 0. The van der Waals surface area contributed by atoms with Gasteiger partial charge in [0.15, 0.2) is 5.82 Å². The van der Waals surface area contributed by atoms with E-state index in [-0.39, 0.29) is 5.69 Å². The molecule has 0 radical (unpaired) electrons. The van der Waals surface area contributed by atoms with Crippen LogP contribution in [-0.2, 0) is 6.67 Å². The highest BCUT2D eigenvalue weighted by molar-refractivity contribution is 5.13. The van der Waals surface area contributed by atoms with Gasteiger partial charge in [-0.25, -0.2) is 22.5 Å². The van der Waals surface area contributed by atoms with Crippen molar-refractivity contribution >= 4 is 0 Å². The monoisotopic (exact) mass is 179 g/mol. The first kappa shape index (κ1) is 8.96. The average Bonchev–Trinajstić information content (AvgIpc) is 2.05. The SMILES string of the molecule is FCc1ccc(F)c(C(F)F)n1. The van der Waals surface area contributed by atoms with Crippen molar-refractivity contribution in [2.45, 2.75) is 13.1 Å². The Morgan fingerprint density at radius 3 is 2.50 bits per heavy atom. The number of rotatable bonds is 2. The van der Waals surface area contributed by atoms with Crippen molar-refractivity contribution in [1.82, 2.24) is 4.98 Å². The van der Waals surface area contributed by atoms with Crippen LogP contribution in [-0.4, -0.2) is 4.98 Å². The van der Waals surface area contributed by atoms with Gasteiger partial charge in [0.25, 0.3) is 6.43 Å². The summed E-state index contributed by atoms with van der Waals surface area (Å²) in [6.07, 6.45) is -3.00. The molecule has 1 nitrogen and oxygen atoms in total. The number of hydrogen-bond acceptors (Lipinski definition) is 1. The molecule has 0 atom stereocenters. The summed E-state index contributed by atoms with van der Waals surface area (Å²) < 4.78 is 48.2. The van der Waals surface area contributed by atoms with Gasteiger partial charge in [-0.2, -0.15) is 0 Å². The van der Waals surface area contributed by atoms with Crippen LogP contribution < -0.4 is 0 Å². The van der Waals surface area contributed by atoms with Gasteiger partial charge >= 0.3 is 0 Å². The quantitative estimate of drug-likeness (QED) is 0.636. The molecular formula is C7H5F4N. The second-order valence-electron chi connectivity index (χ2n) is 2.10. The Morgan fingerprint density at radius 1 is 1.33 bits per heavy atom. The maximum absolute atomic E-state index is 12.5. The van der Waals surface area contributed by atoms with Gasteiger partial charge in [-0.05, 0) is 12.1 Å². The van der Waals surface area contributed by atoms with Gasteiger partial charge < -0.3 is 0 Å². The third-order valence-corrected chi connectivity index (χ3v) is 1.27. The highest BCUT2D eigenvalue weighted by Gasteiger charge is 2.15. The summed E-state index contributed by atoms with van der Waals surface area (Å²) >= 11 is 0. The predicted octanol–water partition coefficient (Wildman–Crippen LogP) is 2.63. The molecule has 12 heavy (non-hydrogen) atoms. The summed E-state index contributed by atoms with van der Waals surface area (Å²) in [5.41, 5.74) is -1.18. The van der Waals surface area contributed by atoms with E-state index in [1.54, 1.807) is 0 Å². The van der Waals surface area contributed by atoms with Gasteiger partial charge in [0.1, 0.15) is 12.4 Å². The third kappa shape index (κ3) is 1.72. The second kappa shape index (κ2) is 3.51. The van der Waals surface area contributed by atoms with E-state index in [0.717, 1.165) is 12.1 Å². The Kier molecular flexibility index (Phi) is 2.62. The number of halogens is 4. The van der Waals surface area contributed by atoms with E-state index in [1.807, 2.05) is 0 Å². The van der Waals surface area contributed by atoms with Crippen LogP contribution in [0.3, 0.4) is 0 Å². The summed E-state index contributed by atoms with van der Waals surface area (Å²) in [5.74, 6) is -1.11. The largest absolute Gasteiger partial charge is 0.283 e. The van der Waals surface area contributed by atoms with E-state index in [1.165, 1.54) is 0 Å². The van der Waals surface area contributed by atoms with Gasteiger partial charge in [0.05, 0.1) is 5.69 Å². The molecule has 66 valence electrons. The number of alkyl halides is 3. The summed E-state index contributed by atoms with van der Waals surface area (Å²) in [4.78, 5) is 3.09. The summed E-state index contributed by atoms with van der Waals surface area (Å²) in [6.45, 7) is -0.972. The van der Waals surface area contributed by atoms with E-state index in [4.69, 9.17) is 0 Å². The highest BCUT2D eigenvalue weighted by Crippen LogP contribution is 2.19. The fourth-order valence-electron chi connectivity index (χ4n) is 0.728. The molecule has 0 amide bonds. The minimum absolute atomic E-state index is 0.188. The van der Waals surface area contributed by atoms with Crippen molar-refractivity contribution in [3.63, 3.8) is 0 Å². The molecule has 0 aliphatic rings. The number of hydrogen-bond donors (Lipinski definition) is 0. The topological polar surface area (TPSA) is 12.9 Å². The highest BCUT2D eigenvalue weighted by atomic mass is 19.3. The molecule has 0 saturated heterocycles. The lowest BCUT2D eigenvalue weighted by molar-refractivity contribution is 0.140. The van der Waals surface area contributed by atoms with Gasteiger partial charge in [-0.1, -0.05) is 0 Å². The molecule has 1 aromatic heterocycles. The lowest BCUT2D eigenvalue weighted by Gasteiger charge is -2.01. The van der Waals surface area contributed by atoms with Crippen molar-refractivity contribution < 1.29 is 17.6 Å². The van der Waals surface area contributed by atoms with E-state index < -0.39 is 24.6 Å². The van der Waals surface area contributed by atoms with Crippen molar-refractivity contribution in [2.75, 3.05) is 0 Å². The molecule has 1 rings (SSSR count). The fraction of sp³-hybridized carbons (Fsp3) is 0.286. The first-order valence-electron chi connectivity index (χ1n) is 3.14. The zero-order valence-corrected chi connectivity index (χ0v) is 5.90. The van der Waals surface area contributed by atoms with Gasteiger partial charge in [-0.15, -0.1) is 0 Å². The fourth-order valence-corrected chi connectivity index (χ4v) is 0.728.